The topological polar surface area (TPSA) is 75.9 Å². The Balaban J connectivity index is 1.56. The summed E-state index contributed by atoms with van der Waals surface area (Å²) in [5.41, 5.74) is 3.34. The molecular weight excluding hydrogens is 359 g/mol. The van der Waals surface area contributed by atoms with Gasteiger partial charge in [0.25, 0.3) is 0 Å². The van der Waals surface area contributed by atoms with E-state index in [-0.39, 0.29) is 17.9 Å². The van der Waals surface area contributed by atoms with Crippen molar-refractivity contribution in [2.75, 3.05) is 11.9 Å². The van der Waals surface area contributed by atoms with E-state index in [0.29, 0.717) is 31.0 Å². The van der Waals surface area contributed by atoms with E-state index in [4.69, 9.17) is 0 Å². The third-order valence-electron chi connectivity index (χ3n) is 4.86. The Kier molecular flexibility index (Phi) is 4.77. The van der Waals surface area contributed by atoms with Crippen molar-refractivity contribution < 1.29 is 9.18 Å². The second-order valence-electron chi connectivity index (χ2n) is 7.10. The predicted molar refractivity (Wildman–Crippen MR) is 103 cm³/mol. The van der Waals surface area contributed by atoms with Gasteiger partial charge in [-0.1, -0.05) is 18.2 Å². The van der Waals surface area contributed by atoms with Crippen molar-refractivity contribution in [2.24, 2.45) is 0 Å². The lowest BCUT2D eigenvalue weighted by atomic mass is 10.00. The van der Waals surface area contributed by atoms with Crippen LogP contribution in [0.5, 0.6) is 0 Å². The Morgan fingerprint density at radius 1 is 1.18 bits per heavy atom. The number of nitrogens with one attached hydrogen (secondary N) is 1. The molecule has 3 aromatic rings. The van der Waals surface area contributed by atoms with Crippen LogP contribution >= 0.6 is 0 Å². The van der Waals surface area contributed by atoms with Crippen LogP contribution in [-0.2, 0) is 13.0 Å². The number of urea groups is 1. The fraction of sp³-hybridized carbons (Fsp3) is 0.300. The lowest BCUT2D eigenvalue weighted by Crippen LogP contribution is -2.39. The highest BCUT2D eigenvalue weighted by Crippen LogP contribution is 2.28. The second-order valence-corrected chi connectivity index (χ2v) is 7.10. The molecule has 0 aliphatic carbocycles. The number of benzene rings is 2. The number of para-hydroxylation sites is 1. The van der Waals surface area contributed by atoms with Gasteiger partial charge in [0, 0.05) is 18.7 Å². The molecule has 0 saturated heterocycles. The van der Waals surface area contributed by atoms with Crippen molar-refractivity contribution in [2.45, 2.75) is 32.9 Å². The number of rotatable bonds is 3. The van der Waals surface area contributed by atoms with Crippen LogP contribution < -0.4 is 5.32 Å². The van der Waals surface area contributed by atoms with Crippen molar-refractivity contribution in [3.63, 3.8) is 0 Å². The summed E-state index contributed by atoms with van der Waals surface area (Å²) in [5.74, 6) is 0.360. The van der Waals surface area contributed by atoms with Crippen molar-refractivity contribution in [3.8, 4) is 11.4 Å². The van der Waals surface area contributed by atoms with Gasteiger partial charge in [-0.3, -0.25) is 0 Å². The molecule has 1 aliphatic heterocycles. The van der Waals surface area contributed by atoms with Gasteiger partial charge < -0.3 is 10.2 Å². The van der Waals surface area contributed by atoms with Crippen LogP contribution in [0, 0.1) is 5.82 Å². The fourth-order valence-corrected chi connectivity index (χ4v) is 3.40. The molecule has 1 aromatic heterocycles. The van der Waals surface area contributed by atoms with Gasteiger partial charge in [0.2, 0.25) is 0 Å². The number of hydrogen-bond donors (Lipinski definition) is 1. The Labute approximate surface area is 162 Å². The smallest absolute Gasteiger partial charge is 0.320 e. The number of halogens is 1. The van der Waals surface area contributed by atoms with Gasteiger partial charge in [-0.15, -0.1) is 5.10 Å². The van der Waals surface area contributed by atoms with E-state index in [0.717, 1.165) is 16.7 Å². The zero-order valence-electron chi connectivity index (χ0n) is 15.8. The first-order chi connectivity index (χ1) is 13.5. The van der Waals surface area contributed by atoms with Crippen molar-refractivity contribution in [1.82, 2.24) is 25.1 Å². The molecule has 1 aliphatic rings. The third-order valence-corrected chi connectivity index (χ3v) is 4.86. The van der Waals surface area contributed by atoms with Crippen LogP contribution in [-0.4, -0.2) is 37.7 Å². The number of anilines is 1. The maximum Gasteiger partial charge on any atom is 0.322 e. The Bertz CT molecular complexity index is 1020. The van der Waals surface area contributed by atoms with Crippen LogP contribution in [0.15, 0.2) is 42.5 Å². The number of fused-ring (bicyclic) bond motifs is 1. The maximum absolute atomic E-state index is 13.4. The van der Waals surface area contributed by atoms with Crippen LogP contribution in [0.2, 0.25) is 0 Å². The average molecular weight is 380 g/mol. The fourth-order valence-electron chi connectivity index (χ4n) is 3.40. The molecule has 0 saturated carbocycles. The van der Waals surface area contributed by atoms with Gasteiger partial charge in [-0.2, -0.15) is 0 Å². The van der Waals surface area contributed by atoms with E-state index >= 15 is 0 Å². The number of nitrogens with zero attached hydrogens (tertiary/aromatic N) is 5. The van der Waals surface area contributed by atoms with Crippen LogP contribution in [0.3, 0.4) is 0 Å². The van der Waals surface area contributed by atoms with Gasteiger partial charge in [-0.25, -0.2) is 13.9 Å². The molecule has 144 valence electrons. The number of aromatic nitrogens is 4. The predicted octanol–water partition coefficient (Wildman–Crippen LogP) is 3.65. The minimum atomic E-state index is -0.242. The molecule has 2 heterocycles. The summed E-state index contributed by atoms with van der Waals surface area (Å²) in [6.45, 7) is 4.98. The van der Waals surface area contributed by atoms with Crippen molar-refractivity contribution in [1.29, 1.82) is 0 Å². The molecule has 28 heavy (non-hydrogen) atoms. The largest absolute Gasteiger partial charge is 0.322 e. The summed E-state index contributed by atoms with van der Waals surface area (Å²) in [6.07, 6.45) is 0.633. The highest BCUT2D eigenvalue weighted by atomic mass is 19.1. The minimum Gasteiger partial charge on any atom is -0.320 e. The summed E-state index contributed by atoms with van der Waals surface area (Å²) in [4.78, 5) is 14.6. The SMILES string of the molecule is CC(C)n1nnnc1-c1ccccc1NC(=O)N1CCc2cc(F)ccc2C1. The number of hydrogen-bond acceptors (Lipinski definition) is 4. The lowest BCUT2D eigenvalue weighted by Gasteiger charge is -2.29. The molecule has 0 unspecified atom stereocenters. The normalized spacial score (nSPS) is 13.5. The van der Waals surface area contributed by atoms with Crippen LogP contribution in [0.1, 0.15) is 31.0 Å². The van der Waals surface area contributed by atoms with Crippen molar-refractivity contribution in [3.05, 3.63) is 59.4 Å². The van der Waals surface area contributed by atoms with E-state index in [1.165, 1.54) is 6.07 Å². The van der Waals surface area contributed by atoms with Crippen LogP contribution in [0.4, 0.5) is 14.9 Å². The first kappa shape index (κ1) is 18.1. The first-order valence-electron chi connectivity index (χ1n) is 9.23. The number of carbonyl (C=O) groups excluding carboxylic acids is 1. The van der Waals surface area contributed by atoms with Gasteiger partial charge in [-0.05, 0) is 66.1 Å². The molecule has 0 atom stereocenters. The molecule has 0 radical (unpaired) electrons. The van der Waals surface area contributed by atoms with Crippen LogP contribution in [0.25, 0.3) is 11.4 Å². The van der Waals surface area contributed by atoms with E-state index in [9.17, 15) is 9.18 Å². The number of tetrazole rings is 1. The standard InChI is InChI=1S/C20H21FN6O/c1-13(2)27-19(23-24-25-27)17-5-3-4-6-18(17)22-20(28)26-10-9-14-11-16(21)8-7-15(14)12-26/h3-8,11,13H,9-10,12H2,1-2H3,(H,22,28). The molecule has 2 amide bonds. The summed E-state index contributed by atoms with van der Waals surface area (Å²) in [5, 5.41) is 14.9. The highest BCUT2D eigenvalue weighted by molar-refractivity contribution is 5.93. The maximum atomic E-state index is 13.4. The number of amides is 2. The summed E-state index contributed by atoms with van der Waals surface area (Å²) >= 11 is 0. The average Bonchev–Trinajstić information content (AvgIpc) is 3.18. The summed E-state index contributed by atoms with van der Waals surface area (Å²) in [7, 11) is 0. The Hall–Kier alpha value is -3.29. The monoisotopic (exact) mass is 380 g/mol. The van der Waals surface area contributed by atoms with Gasteiger partial charge in [0.15, 0.2) is 5.82 Å². The van der Waals surface area contributed by atoms with Crippen molar-refractivity contribution >= 4 is 11.7 Å². The third kappa shape index (κ3) is 3.45. The van der Waals surface area contributed by atoms with Gasteiger partial charge >= 0.3 is 6.03 Å². The molecule has 0 spiro atoms. The molecule has 7 nitrogen and oxygen atoms in total. The zero-order chi connectivity index (χ0) is 19.7. The number of carbonyl (C=O) groups is 1. The molecular formula is C20H21FN6O. The van der Waals surface area contributed by atoms with E-state index in [2.05, 4.69) is 20.8 Å². The first-order valence-corrected chi connectivity index (χ1v) is 9.23. The second kappa shape index (κ2) is 7.38. The molecule has 0 fully saturated rings. The highest BCUT2D eigenvalue weighted by Gasteiger charge is 2.23. The Morgan fingerprint density at radius 2 is 2.00 bits per heavy atom. The molecule has 4 rings (SSSR count). The van der Waals surface area contributed by atoms with E-state index < -0.39 is 0 Å². The molecule has 1 N–H and O–H groups in total. The Morgan fingerprint density at radius 3 is 2.82 bits per heavy atom. The quantitative estimate of drug-likeness (QED) is 0.753. The molecule has 0 bridgehead atoms. The van der Waals surface area contributed by atoms with Gasteiger partial charge in [0.05, 0.1) is 11.7 Å². The lowest BCUT2D eigenvalue weighted by molar-refractivity contribution is 0.206. The summed E-state index contributed by atoms with van der Waals surface area (Å²) in [6, 6.07) is 12.1. The minimum absolute atomic E-state index is 0.0905. The zero-order valence-corrected chi connectivity index (χ0v) is 15.8. The molecule has 8 heteroatoms. The van der Waals surface area contributed by atoms with E-state index in [1.807, 2.05) is 38.1 Å². The van der Waals surface area contributed by atoms with E-state index in [1.54, 1.807) is 21.7 Å². The summed E-state index contributed by atoms with van der Waals surface area (Å²) < 4.78 is 15.1. The molecule has 2 aromatic carbocycles. The van der Waals surface area contributed by atoms with Gasteiger partial charge in [0.1, 0.15) is 5.82 Å².